The summed E-state index contributed by atoms with van der Waals surface area (Å²) in [4.78, 5) is 20.9. The molecule has 2 saturated heterocycles. The van der Waals surface area contributed by atoms with Crippen LogP contribution in [0, 0.1) is 5.92 Å². The molecule has 4 unspecified atom stereocenters. The summed E-state index contributed by atoms with van der Waals surface area (Å²) in [7, 11) is 0. The molecule has 9 heteroatoms. The number of hydrogen-bond acceptors (Lipinski definition) is 7. The van der Waals surface area contributed by atoms with Gasteiger partial charge in [0.1, 0.15) is 5.03 Å². The molecule has 7 nitrogen and oxygen atoms in total. The third kappa shape index (κ3) is 5.39. The Balaban J connectivity index is 0.000000326. The van der Waals surface area contributed by atoms with Gasteiger partial charge in [0, 0.05) is 25.0 Å². The molecule has 0 amide bonds. The van der Waals surface area contributed by atoms with Crippen LogP contribution in [0.1, 0.15) is 51.1 Å². The van der Waals surface area contributed by atoms with Gasteiger partial charge in [-0.15, -0.1) is 11.8 Å². The summed E-state index contributed by atoms with van der Waals surface area (Å²) >= 11 is 3.33. The van der Waals surface area contributed by atoms with E-state index in [1.54, 1.807) is 0 Å². The zero-order valence-electron chi connectivity index (χ0n) is 14.6. The van der Waals surface area contributed by atoms with Crippen LogP contribution in [0.15, 0.2) is 5.03 Å². The summed E-state index contributed by atoms with van der Waals surface area (Å²) in [5.41, 5.74) is 1.31. The third-order valence-electron chi connectivity index (χ3n) is 4.80. The molecule has 3 rings (SSSR count). The predicted octanol–water partition coefficient (Wildman–Crippen LogP) is 2.78. The van der Waals surface area contributed by atoms with Crippen LogP contribution in [0.3, 0.4) is 0 Å². The van der Waals surface area contributed by atoms with Gasteiger partial charge in [-0.1, -0.05) is 13.3 Å². The molecule has 1 aromatic heterocycles. The summed E-state index contributed by atoms with van der Waals surface area (Å²) < 4.78 is 9.19. The van der Waals surface area contributed by atoms with Crippen LogP contribution in [0.25, 0.3) is 0 Å². The number of carboxylic acids is 2. The summed E-state index contributed by atoms with van der Waals surface area (Å²) in [6, 6.07) is 0.768. The van der Waals surface area contributed by atoms with Crippen LogP contribution in [0.2, 0.25) is 0 Å². The number of fused-ring (bicyclic) bond motifs is 2. The van der Waals surface area contributed by atoms with Crippen molar-refractivity contribution in [3.63, 3.8) is 0 Å². The van der Waals surface area contributed by atoms with E-state index in [1.807, 2.05) is 11.8 Å². The highest BCUT2D eigenvalue weighted by Gasteiger charge is 2.41. The number of aromatic nitrogens is 2. The summed E-state index contributed by atoms with van der Waals surface area (Å²) in [6.45, 7) is 7.10. The van der Waals surface area contributed by atoms with Crippen LogP contribution >= 0.6 is 23.5 Å². The van der Waals surface area contributed by atoms with Crippen molar-refractivity contribution in [1.29, 1.82) is 0 Å². The van der Waals surface area contributed by atoms with E-state index in [0.29, 0.717) is 5.92 Å². The molecule has 2 bridgehead atoms. The first kappa shape index (κ1) is 20.1. The molecule has 3 heterocycles. The van der Waals surface area contributed by atoms with Crippen molar-refractivity contribution in [2.24, 2.45) is 5.92 Å². The van der Waals surface area contributed by atoms with Gasteiger partial charge in [0.2, 0.25) is 0 Å². The van der Waals surface area contributed by atoms with E-state index in [4.69, 9.17) is 19.8 Å². The average Bonchev–Trinajstić information content (AvgIpc) is 3.16. The van der Waals surface area contributed by atoms with E-state index in [9.17, 15) is 0 Å². The fraction of sp³-hybridized carbons (Fsp3) is 0.750. The summed E-state index contributed by atoms with van der Waals surface area (Å²) in [5, 5.41) is 16.0. The molecule has 2 aliphatic rings. The molecule has 0 saturated carbocycles. The van der Waals surface area contributed by atoms with E-state index < -0.39 is 11.9 Å². The molecule has 2 fully saturated rings. The fourth-order valence-corrected chi connectivity index (χ4v) is 5.19. The van der Waals surface area contributed by atoms with Crippen LogP contribution in [-0.4, -0.2) is 60.7 Å². The quantitative estimate of drug-likeness (QED) is 0.451. The van der Waals surface area contributed by atoms with Gasteiger partial charge in [-0.25, -0.2) is 9.59 Å². The maximum Gasteiger partial charge on any atom is 0.414 e. The molecule has 0 aliphatic carbocycles. The van der Waals surface area contributed by atoms with Gasteiger partial charge in [0.25, 0.3) is 0 Å². The van der Waals surface area contributed by atoms with Crippen molar-refractivity contribution in [2.75, 3.05) is 18.8 Å². The second kappa shape index (κ2) is 9.49. The minimum Gasteiger partial charge on any atom is -0.473 e. The van der Waals surface area contributed by atoms with Crippen molar-refractivity contribution >= 4 is 35.4 Å². The molecule has 0 aromatic carbocycles. The van der Waals surface area contributed by atoms with E-state index in [0.717, 1.165) is 12.0 Å². The van der Waals surface area contributed by atoms with Gasteiger partial charge in [-0.2, -0.15) is 8.75 Å². The van der Waals surface area contributed by atoms with Gasteiger partial charge in [0.15, 0.2) is 0 Å². The Kier molecular flexibility index (Phi) is 7.64. The minimum atomic E-state index is -1.82. The summed E-state index contributed by atoms with van der Waals surface area (Å²) in [6.07, 6.45) is 5.27. The van der Waals surface area contributed by atoms with Crippen molar-refractivity contribution in [3.05, 3.63) is 5.69 Å². The first-order valence-corrected chi connectivity index (χ1v) is 10.3. The highest BCUT2D eigenvalue weighted by molar-refractivity contribution is 7.99. The van der Waals surface area contributed by atoms with E-state index in [1.165, 1.54) is 67.0 Å². The summed E-state index contributed by atoms with van der Waals surface area (Å²) in [5.74, 6) is -0.990. The second-order valence-corrected chi connectivity index (χ2v) is 8.13. The lowest BCUT2D eigenvalue weighted by atomic mass is 9.88. The maximum absolute atomic E-state index is 9.10. The highest BCUT2D eigenvalue weighted by Crippen LogP contribution is 2.43. The van der Waals surface area contributed by atoms with Gasteiger partial charge in [-0.3, -0.25) is 4.90 Å². The first-order chi connectivity index (χ1) is 11.9. The monoisotopic (exact) mass is 387 g/mol. The number of unbranched alkanes of at least 4 members (excludes halogenated alkanes) is 1. The number of thioether (sulfide) groups is 1. The normalized spacial score (nSPS) is 27.4. The van der Waals surface area contributed by atoms with Crippen molar-refractivity contribution in [2.45, 2.75) is 56.5 Å². The lowest BCUT2D eigenvalue weighted by Gasteiger charge is -2.28. The zero-order valence-corrected chi connectivity index (χ0v) is 16.2. The van der Waals surface area contributed by atoms with Gasteiger partial charge in [-0.05, 0) is 37.9 Å². The second-order valence-electron chi connectivity index (χ2n) is 6.51. The van der Waals surface area contributed by atoms with Crippen LogP contribution in [-0.2, 0) is 9.59 Å². The van der Waals surface area contributed by atoms with Crippen LogP contribution in [0.4, 0.5) is 0 Å². The zero-order chi connectivity index (χ0) is 18.4. The number of carbonyl (C=O) groups is 2. The van der Waals surface area contributed by atoms with Gasteiger partial charge < -0.3 is 10.2 Å². The lowest BCUT2D eigenvalue weighted by molar-refractivity contribution is -0.159. The Morgan fingerprint density at radius 1 is 1.24 bits per heavy atom. The Morgan fingerprint density at radius 3 is 2.56 bits per heavy atom. The minimum absolute atomic E-state index is 0.646. The number of aliphatic carboxylic acids is 2. The van der Waals surface area contributed by atoms with Gasteiger partial charge in [0.05, 0.1) is 17.4 Å². The number of rotatable bonds is 5. The Hall–Kier alpha value is -1.19. The fourth-order valence-electron chi connectivity index (χ4n) is 3.33. The lowest BCUT2D eigenvalue weighted by Crippen LogP contribution is -2.34. The topological polar surface area (TPSA) is 104 Å². The predicted molar refractivity (Wildman–Crippen MR) is 97.3 cm³/mol. The number of hydrogen-bond donors (Lipinski definition) is 2. The highest BCUT2D eigenvalue weighted by atomic mass is 32.2. The molecular weight excluding hydrogens is 362 g/mol. The molecule has 1 aromatic rings. The number of nitrogens with zero attached hydrogens (tertiary/aromatic N) is 3. The molecule has 0 spiro atoms. The van der Waals surface area contributed by atoms with E-state index in [-0.39, 0.29) is 0 Å². The van der Waals surface area contributed by atoms with E-state index >= 15 is 0 Å². The average molecular weight is 388 g/mol. The smallest absolute Gasteiger partial charge is 0.414 e. The Bertz CT molecular complexity index is 584. The molecule has 25 heavy (non-hydrogen) atoms. The molecule has 140 valence electrons. The number of carboxylic acid groups (broad SMARTS) is 2. The van der Waals surface area contributed by atoms with Crippen LogP contribution in [0.5, 0.6) is 0 Å². The van der Waals surface area contributed by atoms with Crippen LogP contribution < -0.4 is 0 Å². The standard InChI is InChI=1S/C14H23N3S2.C2H2O4/c1-3-4-7-18-14-13(15-19-16-14)12-9-17-8-11(12)6-5-10(17)2;3-1(4)2(5)6/h10-12H,3-9H2,1-2H3;(H,3,4)(H,5,6). The Morgan fingerprint density at radius 2 is 1.96 bits per heavy atom. The largest absolute Gasteiger partial charge is 0.473 e. The molecule has 2 aliphatic heterocycles. The maximum atomic E-state index is 9.10. The number of piperidine rings is 1. The SMILES string of the molecule is CCCCSc1nsnc1C1CN2CC1CCC2C.O=C(O)C(=O)O. The van der Waals surface area contributed by atoms with Gasteiger partial charge >= 0.3 is 11.9 Å². The molecule has 0 radical (unpaired) electrons. The van der Waals surface area contributed by atoms with Crippen molar-refractivity contribution in [3.8, 4) is 0 Å². The third-order valence-corrected chi connectivity index (χ3v) is 6.53. The van der Waals surface area contributed by atoms with E-state index in [2.05, 4.69) is 27.5 Å². The molecule has 2 N–H and O–H groups in total. The molecular formula is C16H25N3O4S2. The Labute approximate surface area is 156 Å². The first-order valence-electron chi connectivity index (χ1n) is 8.59. The van der Waals surface area contributed by atoms with Crippen molar-refractivity contribution < 1.29 is 19.8 Å². The molecule has 4 atom stereocenters. The van der Waals surface area contributed by atoms with Crippen molar-refractivity contribution in [1.82, 2.24) is 13.6 Å².